The van der Waals surface area contributed by atoms with Crippen molar-refractivity contribution in [3.05, 3.63) is 54.0 Å². The van der Waals surface area contributed by atoms with Gasteiger partial charge >= 0.3 is 6.03 Å². The molecule has 0 saturated carbocycles. The normalized spacial score (nSPS) is 16.3. The van der Waals surface area contributed by atoms with Crippen molar-refractivity contribution in [1.29, 1.82) is 0 Å². The monoisotopic (exact) mass is 384 g/mol. The summed E-state index contributed by atoms with van der Waals surface area (Å²) >= 11 is 0. The van der Waals surface area contributed by atoms with Crippen molar-refractivity contribution < 1.29 is 9.18 Å². The van der Waals surface area contributed by atoms with Crippen LogP contribution in [0.3, 0.4) is 0 Å². The summed E-state index contributed by atoms with van der Waals surface area (Å²) in [5, 5.41) is 0. The summed E-state index contributed by atoms with van der Waals surface area (Å²) < 4.78 is 13.4. The van der Waals surface area contributed by atoms with Crippen LogP contribution in [0.4, 0.5) is 20.7 Å². The van der Waals surface area contributed by atoms with E-state index < -0.39 is 0 Å². The SMILES string of the molecule is CCN(CC)c1ccc(CN(C(=O)N2CCC[C@H]2C)c2ccc(F)cc2)cn1. The number of carbonyl (C=O) groups excluding carboxylic acids is 1. The molecule has 0 unspecified atom stereocenters. The fourth-order valence-electron chi connectivity index (χ4n) is 3.69. The molecule has 1 aromatic carbocycles. The molecule has 150 valence electrons. The molecular weight excluding hydrogens is 355 g/mol. The molecule has 1 saturated heterocycles. The summed E-state index contributed by atoms with van der Waals surface area (Å²) in [5.41, 5.74) is 1.64. The number of hydrogen-bond donors (Lipinski definition) is 0. The molecule has 0 bridgehead atoms. The fourth-order valence-corrected chi connectivity index (χ4v) is 3.69. The van der Waals surface area contributed by atoms with Crippen LogP contribution in [0.1, 0.15) is 39.2 Å². The van der Waals surface area contributed by atoms with Gasteiger partial charge in [-0.2, -0.15) is 0 Å². The van der Waals surface area contributed by atoms with E-state index in [9.17, 15) is 9.18 Å². The van der Waals surface area contributed by atoms with Gasteiger partial charge in [-0.25, -0.2) is 14.2 Å². The van der Waals surface area contributed by atoms with Gasteiger partial charge in [-0.3, -0.25) is 4.90 Å². The molecule has 0 aliphatic carbocycles. The van der Waals surface area contributed by atoms with E-state index in [2.05, 4.69) is 30.7 Å². The van der Waals surface area contributed by atoms with Gasteiger partial charge in [-0.05, 0) is 69.5 Å². The van der Waals surface area contributed by atoms with E-state index in [1.165, 1.54) is 12.1 Å². The van der Waals surface area contributed by atoms with Crippen LogP contribution in [0.2, 0.25) is 0 Å². The number of pyridine rings is 1. The number of halogens is 1. The molecule has 2 aromatic rings. The Morgan fingerprint density at radius 1 is 1.18 bits per heavy atom. The quantitative estimate of drug-likeness (QED) is 0.726. The first-order valence-electron chi connectivity index (χ1n) is 10.1. The summed E-state index contributed by atoms with van der Waals surface area (Å²) in [5.74, 6) is 0.623. The predicted octanol–water partition coefficient (Wildman–Crippen LogP) is 4.68. The van der Waals surface area contributed by atoms with Crippen molar-refractivity contribution in [3.63, 3.8) is 0 Å². The van der Waals surface area contributed by atoms with Crippen molar-refractivity contribution in [2.24, 2.45) is 0 Å². The average Bonchev–Trinajstić information content (AvgIpc) is 3.14. The maximum atomic E-state index is 13.4. The lowest BCUT2D eigenvalue weighted by molar-refractivity contribution is 0.202. The highest BCUT2D eigenvalue weighted by molar-refractivity contribution is 5.92. The Morgan fingerprint density at radius 2 is 1.89 bits per heavy atom. The molecule has 2 amide bonds. The summed E-state index contributed by atoms with van der Waals surface area (Å²) in [6.45, 7) is 9.24. The first-order valence-corrected chi connectivity index (χ1v) is 10.1. The highest BCUT2D eigenvalue weighted by Crippen LogP contribution is 2.25. The minimum atomic E-state index is -0.309. The van der Waals surface area contributed by atoms with E-state index in [0.717, 1.165) is 43.9 Å². The van der Waals surface area contributed by atoms with Crippen LogP contribution >= 0.6 is 0 Å². The molecule has 28 heavy (non-hydrogen) atoms. The molecule has 0 N–H and O–H groups in total. The molecule has 1 fully saturated rings. The van der Waals surface area contributed by atoms with E-state index >= 15 is 0 Å². The van der Waals surface area contributed by atoms with Gasteiger partial charge < -0.3 is 9.80 Å². The van der Waals surface area contributed by atoms with E-state index in [1.807, 2.05) is 23.2 Å². The van der Waals surface area contributed by atoms with Crippen LogP contribution in [0.5, 0.6) is 0 Å². The van der Waals surface area contributed by atoms with Gasteiger partial charge in [0.15, 0.2) is 0 Å². The zero-order valence-electron chi connectivity index (χ0n) is 16.9. The second-order valence-corrected chi connectivity index (χ2v) is 7.23. The van der Waals surface area contributed by atoms with Crippen LogP contribution in [0.25, 0.3) is 0 Å². The van der Waals surface area contributed by atoms with E-state index in [-0.39, 0.29) is 17.9 Å². The number of aromatic nitrogens is 1. The van der Waals surface area contributed by atoms with Crippen molar-refractivity contribution in [1.82, 2.24) is 9.88 Å². The number of carbonyl (C=O) groups is 1. The minimum Gasteiger partial charge on any atom is -0.357 e. The van der Waals surface area contributed by atoms with Crippen molar-refractivity contribution in [2.45, 2.75) is 46.2 Å². The maximum absolute atomic E-state index is 13.4. The summed E-state index contributed by atoms with van der Waals surface area (Å²) in [4.78, 5) is 23.6. The van der Waals surface area contributed by atoms with Gasteiger partial charge in [0.1, 0.15) is 11.6 Å². The lowest BCUT2D eigenvalue weighted by Gasteiger charge is -2.31. The molecule has 1 aliphatic heterocycles. The number of amides is 2. The molecule has 1 atom stereocenters. The molecule has 5 nitrogen and oxygen atoms in total. The predicted molar refractivity (Wildman–Crippen MR) is 111 cm³/mol. The van der Waals surface area contributed by atoms with Gasteiger partial charge in [0.2, 0.25) is 0 Å². The standard InChI is InChI=1S/C22H29FN4O/c1-4-25(5-2)21-13-8-18(15-24-21)16-27(20-11-9-19(23)10-12-20)22(28)26-14-6-7-17(26)3/h8-13,15,17H,4-7,14,16H2,1-3H3/t17-/m1/s1. The third-order valence-corrected chi connectivity index (χ3v) is 5.41. The Balaban J connectivity index is 1.84. The Bertz CT molecular complexity index is 774. The number of anilines is 2. The number of rotatable bonds is 6. The molecule has 1 aromatic heterocycles. The molecule has 2 heterocycles. The Morgan fingerprint density at radius 3 is 2.43 bits per heavy atom. The van der Waals surface area contributed by atoms with Crippen LogP contribution in [-0.4, -0.2) is 41.6 Å². The molecule has 0 radical (unpaired) electrons. The zero-order chi connectivity index (χ0) is 20.1. The van der Waals surface area contributed by atoms with Crippen LogP contribution in [0.15, 0.2) is 42.6 Å². The summed E-state index contributed by atoms with van der Waals surface area (Å²) in [6.07, 6.45) is 3.86. The van der Waals surface area contributed by atoms with Crippen molar-refractivity contribution in [2.75, 3.05) is 29.4 Å². The third-order valence-electron chi connectivity index (χ3n) is 5.41. The second kappa shape index (κ2) is 9.04. The lowest BCUT2D eigenvalue weighted by Crippen LogP contribution is -2.44. The van der Waals surface area contributed by atoms with Gasteiger partial charge in [0.05, 0.1) is 6.54 Å². The van der Waals surface area contributed by atoms with Crippen LogP contribution in [-0.2, 0) is 6.54 Å². The number of benzene rings is 1. The second-order valence-electron chi connectivity index (χ2n) is 7.23. The largest absolute Gasteiger partial charge is 0.357 e. The van der Waals surface area contributed by atoms with Crippen LogP contribution < -0.4 is 9.80 Å². The van der Waals surface area contributed by atoms with Gasteiger partial charge in [0, 0.05) is 37.6 Å². The number of urea groups is 1. The first-order chi connectivity index (χ1) is 13.5. The Labute approximate surface area is 166 Å². The zero-order valence-corrected chi connectivity index (χ0v) is 16.9. The van der Waals surface area contributed by atoms with E-state index in [1.54, 1.807) is 17.0 Å². The molecular formula is C22H29FN4O. The molecule has 1 aliphatic rings. The lowest BCUT2D eigenvalue weighted by atomic mass is 10.2. The van der Waals surface area contributed by atoms with Crippen molar-refractivity contribution in [3.8, 4) is 0 Å². The number of hydrogen-bond acceptors (Lipinski definition) is 3. The summed E-state index contributed by atoms with van der Waals surface area (Å²) in [7, 11) is 0. The smallest absolute Gasteiger partial charge is 0.325 e. The highest BCUT2D eigenvalue weighted by Gasteiger charge is 2.30. The number of nitrogens with zero attached hydrogens (tertiary/aromatic N) is 4. The van der Waals surface area contributed by atoms with Gasteiger partial charge in [0.25, 0.3) is 0 Å². The molecule has 6 heteroatoms. The van der Waals surface area contributed by atoms with Gasteiger partial charge in [-0.15, -0.1) is 0 Å². The Kier molecular flexibility index (Phi) is 6.49. The van der Waals surface area contributed by atoms with E-state index in [4.69, 9.17) is 0 Å². The average molecular weight is 384 g/mol. The van der Waals surface area contributed by atoms with Gasteiger partial charge in [-0.1, -0.05) is 6.07 Å². The highest BCUT2D eigenvalue weighted by atomic mass is 19.1. The topological polar surface area (TPSA) is 39.7 Å². The fraction of sp³-hybridized carbons (Fsp3) is 0.455. The molecule has 3 rings (SSSR count). The van der Waals surface area contributed by atoms with Crippen LogP contribution in [0, 0.1) is 5.82 Å². The maximum Gasteiger partial charge on any atom is 0.325 e. The van der Waals surface area contributed by atoms with E-state index in [0.29, 0.717) is 12.2 Å². The first kappa shape index (κ1) is 20.1. The minimum absolute atomic E-state index is 0.0376. The molecule has 0 spiro atoms. The third kappa shape index (κ3) is 4.43. The number of likely N-dealkylation sites (tertiary alicyclic amines) is 1. The Hall–Kier alpha value is -2.63. The van der Waals surface area contributed by atoms with Crippen molar-refractivity contribution >= 4 is 17.5 Å². The summed E-state index contributed by atoms with van der Waals surface area (Å²) in [6, 6.07) is 10.3.